The summed E-state index contributed by atoms with van der Waals surface area (Å²) < 4.78 is 51.4. The average molecular weight is 355 g/mol. The van der Waals surface area contributed by atoms with Gasteiger partial charge >= 0.3 is 0 Å². The molecule has 7 nitrogen and oxygen atoms in total. The van der Waals surface area contributed by atoms with Crippen molar-refractivity contribution in [1.29, 1.82) is 0 Å². The molecule has 0 amide bonds. The van der Waals surface area contributed by atoms with Crippen molar-refractivity contribution in [3.05, 3.63) is 41.9 Å². The van der Waals surface area contributed by atoms with E-state index in [1.165, 1.54) is 22.5 Å². The molecule has 1 saturated heterocycles. The van der Waals surface area contributed by atoms with Crippen molar-refractivity contribution in [3.8, 4) is 0 Å². The Hall–Kier alpha value is -1.84. The van der Waals surface area contributed by atoms with Crippen LogP contribution in [0.2, 0.25) is 0 Å². The van der Waals surface area contributed by atoms with E-state index in [-0.39, 0.29) is 29.8 Å². The molecule has 1 aliphatic rings. The van der Waals surface area contributed by atoms with Crippen molar-refractivity contribution >= 4 is 10.0 Å². The molecule has 130 valence electrons. The highest BCUT2D eigenvalue weighted by Crippen LogP contribution is 2.35. The van der Waals surface area contributed by atoms with Gasteiger partial charge in [-0.1, -0.05) is 12.1 Å². The highest BCUT2D eigenvalue weighted by Gasteiger charge is 2.43. The molecule has 2 atom stereocenters. The van der Waals surface area contributed by atoms with Gasteiger partial charge in [0, 0.05) is 33.0 Å². The van der Waals surface area contributed by atoms with Crippen LogP contribution in [0, 0.1) is 18.7 Å². The lowest BCUT2D eigenvalue weighted by molar-refractivity contribution is 0.146. The van der Waals surface area contributed by atoms with E-state index in [1.807, 2.05) is 0 Å². The maximum Gasteiger partial charge on any atom is 0.246 e. The second-order valence-electron chi connectivity index (χ2n) is 5.73. The second kappa shape index (κ2) is 6.58. The fourth-order valence-corrected chi connectivity index (χ4v) is 4.53. The minimum Gasteiger partial charge on any atom is -0.425 e. The third-order valence-electron chi connectivity index (χ3n) is 4.10. The van der Waals surface area contributed by atoms with Gasteiger partial charge in [-0.2, -0.15) is 4.31 Å². The number of sulfonamides is 1. The molecule has 2 aromatic rings. The highest BCUT2D eigenvalue weighted by molar-refractivity contribution is 7.89. The van der Waals surface area contributed by atoms with E-state index in [4.69, 9.17) is 9.15 Å². The van der Waals surface area contributed by atoms with E-state index in [2.05, 4.69) is 10.2 Å². The monoisotopic (exact) mass is 355 g/mol. The summed E-state index contributed by atoms with van der Waals surface area (Å²) in [7, 11) is -2.40. The molecular weight excluding hydrogens is 337 g/mol. The van der Waals surface area contributed by atoms with Crippen LogP contribution in [0.15, 0.2) is 33.6 Å². The molecule has 1 aromatic heterocycles. The zero-order valence-corrected chi connectivity index (χ0v) is 14.2. The number of benzene rings is 1. The summed E-state index contributed by atoms with van der Waals surface area (Å²) in [4.78, 5) is -0.330. The van der Waals surface area contributed by atoms with Gasteiger partial charge in [-0.15, -0.1) is 10.2 Å². The van der Waals surface area contributed by atoms with Gasteiger partial charge in [0.2, 0.25) is 21.8 Å². The Labute approximate surface area is 139 Å². The van der Waals surface area contributed by atoms with E-state index in [1.54, 1.807) is 14.0 Å². The lowest BCUT2D eigenvalue weighted by atomic mass is 9.97. The predicted octanol–water partition coefficient (Wildman–Crippen LogP) is 1.57. The standard InChI is InChI=1S/C15H18FN3O4S/c1-10-17-18-15(23-10)12-8-19(7-11(12)9-22-2)24(20,21)14-6-4-3-5-13(14)16/h3-6,11-12H,7-9H2,1-2H3/t11-,12+/m0/s1. The van der Waals surface area contributed by atoms with Crippen LogP contribution < -0.4 is 0 Å². The van der Waals surface area contributed by atoms with Crippen LogP contribution in [-0.4, -0.2) is 49.7 Å². The Balaban J connectivity index is 1.91. The Bertz CT molecular complexity index is 824. The molecule has 1 aliphatic heterocycles. The van der Waals surface area contributed by atoms with Crippen LogP contribution in [0.25, 0.3) is 0 Å². The van der Waals surface area contributed by atoms with Crippen molar-refractivity contribution in [2.24, 2.45) is 5.92 Å². The molecule has 1 aromatic carbocycles. The molecule has 2 heterocycles. The SMILES string of the molecule is COC[C@@H]1CN(S(=O)(=O)c2ccccc2F)C[C@H]1c1nnc(C)o1. The van der Waals surface area contributed by atoms with E-state index in [0.29, 0.717) is 18.4 Å². The summed E-state index contributed by atoms with van der Waals surface area (Å²) in [6, 6.07) is 5.35. The Morgan fingerprint density at radius 3 is 2.71 bits per heavy atom. The first kappa shape index (κ1) is 17.0. The zero-order valence-electron chi connectivity index (χ0n) is 13.3. The summed E-state index contributed by atoms with van der Waals surface area (Å²) in [5, 5.41) is 7.80. The zero-order chi connectivity index (χ0) is 17.3. The van der Waals surface area contributed by atoms with Gasteiger partial charge in [0.05, 0.1) is 12.5 Å². The smallest absolute Gasteiger partial charge is 0.246 e. The van der Waals surface area contributed by atoms with E-state index < -0.39 is 15.8 Å². The largest absolute Gasteiger partial charge is 0.425 e. The molecule has 0 radical (unpaired) electrons. The van der Waals surface area contributed by atoms with Crippen LogP contribution in [-0.2, 0) is 14.8 Å². The normalized spacial score (nSPS) is 22.1. The van der Waals surface area contributed by atoms with Gasteiger partial charge in [-0.25, -0.2) is 12.8 Å². The lowest BCUT2D eigenvalue weighted by Gasteiger charge is -2.16. The molecule has 0 bridgehead atoms. The maximum atomic E-state index is 13.9. The molecule has 1 fully saturated rings. The fourth-order valence-electron chi connectivity index (χ4n) is 2.95. The summed E-state index contributed by atoms with van der Waals surface area (Å²) in [5.41, 5.74) is 0. The van der Waals surface area contributed by atoms with Crippen LogP contribution in [0.3, 0.4) is 0 Å². The molecule has 0 N–H and O–H groups in total. The number of rotatable bonds is 5. The average Bonchev–Trinajstić information content (AvgIpc) is 3.14. The Morgan fingerprint density at radius 1 is 1.33 bits per heavy atom. The number of nitrogens with zero attached hydrogens (tertiary/aromatic N) is 3. The first-order valence-electron chi connectivity index (χ1n) is 7.47. The van der Waals surface area contributed by atoms with E-state index >= 15 is 0 Å². The van der Waals surface area contributed by atoms with Gasteiger partial charge in [-0.3, -0.25) is 0 Å². The van der Waals surface area contributed by atoms with Crippen LogP contribution in [0.5, 0.6) is 0 Å². The number of aromatic nitrogens is 2. The Kier molecular flexibility index (Phi) is 4.66. The highest BCUT2D eigenvalue weighted by atomic mass is 32.2. The molecule has 0 saturated carbocycles. The quantitative estimate of drug-likeness (QED) is 0.809. The number of ether oxygens (including phenoxy) is 1. The van der Waals surface area contributed by atoms with Gasteiger partial charge in [0.1, 0.15) is 10.7 Å². The summed E-state index contributed by atoms with van der Waals surface area (Å²) in [6.07, 6.45) is 0. The summed E-state index contributed by atoms with van der Waals surface area (Å²) in [6.45, 7) is 2.36. The number of hydrogen-bond donors (Lipinski definition) is 0. The van der Waals surface area contributed by atoms with Crippen molar-refractivity contribution in [1.82, 2.24) is 14.5 Å². The first-order valence-corrected chi connectivity index (χ1v) is 8.91. The molecule has 24 heavy (non-hydrogen) atoms. The van der Waals surface area contributed by atoms with Crippen LogP contribution in [0.4, 0.5) is 4.39 Å². The van der Waals surface area contributed by atoms with Crippen molar-refractivity contribution in [2.75, 3.05) is 26.8 Å². The fraction of sp³-hybridized carbons (Fsp3) is 0.467. The third-order valence-corrected chi connectivity index (χ3v) is 5.97. The molecule has 3 rings (SSSR count). The first-order chi connectivity index (χ1) is 11.4. The van der Waals surface area contributed by atoms with Gasteiger partial charge in [0.15, 0.2) is 0 Å². The second-order valence-corrected chi connectivity index (χ2v) is 7.64. The molecule has 9 heteroatoms. The van der Waals surface area contributed by atoms with Crippen molar-refractivity contribution < 1.29 is 22.0 Å². The molecule has 0 aliphatic carbocycles. The molecule has 0 unspecified atom stereocenters. The molecule has 0 spiro atoms. The van der Waals surface area contributed by atoms with Crippen molar-refractivity contribution in [3.63, 3.8) is 0 Å². The van der Waals surface area contributed by atoms with Crippen molar-refractivity contribution in [2.45, 2.75) is 17.7 Å². The summed E-state index contributed by atoms with van der Waals surface area (Å²) >= 11 is 0. The summed E-state index contributed by atoms with van der Waals surface area (Å²) in [5.74, 6) is -0.403. The van der Waals surface area contributed by atoms with Gasteiger partial charge < -0.3 is 9.15 Å². The maximum absolute atomic E-state index is 13.9. The number of hydrogen-bond acceptors (Lipinski definition) is 6. The lowest BCUT2D eigenvalue weighted by Crippen LogP contribution is -2.30. The van der Waals surface area contributed by atoms with E-state index in [0.717, 1.165) is 6.07 Å². The number of aryl methyl sites for hydroxylation is 1. The Morgan fingerprint density at radius 2 is 2.08 bits per heavy atom. The van der Waals surface area contributed by atoms with E-state index in [9.17, 15) is 12.8 Å². The van der Waals surface area contributed by atoms with Gasteiger partial charge in [0.25, 0.3) is 0 Å². The topological polar surface area (TPSA) is 85.5 Å². The third kappa shape index (κ3) is 3.06. The number of methoxy groups -OCH3 is 1. The predicted molar refractivity (Wildman–Crippen MR) is 82.3 cm³/mol. The van der Waals surface area contributed by atoms with Crippen LogP contribution in [0.1, 0.15) is 17.7 Å². The minimum absolute atomic E-state index is 0.142. The van der Waals surface area contributed by atoms with Gasteiger partial charge in [-0.05, 0) is 12.1 Å². The van der Waals surface area contributed by atoms with Crippen LogP contribution >= 0.6 is 0 Å². The molecular formula is C15H18FN3O4S. The minimum atomic E-state index is -3.94. The number of halogens is 1.